The SMILES string of the molecule is COc1cc(CC2(O)C(=O)C3=C(OCCC3)c3ccccc32)ccc1B(O)O. The standard InChI is InChI=1S/C21H21BO6/c1-27-18-11-13(8-9-17(18)22(25)26)12-21(24)16-7-3-2-5-14(16)19-15(20(21)23)6-4-10-28-19/h2-3,5,7-9,11,24-26H,4,6,10,12H2,1H3. The summed E-state index contributed by atoms with van der Waals surface area (Å²) in [5, 5.41) is 30.5. The van der Waals surface area contributed by atoms with Crippen LogP contribution in [0.25, 0.3) is 5.76 Å². The third-order valence-corrected chi connectivity index (χ3v) is 5.39. The van der Waals surface area contributed by atoms with Crippen molar-refractivity contribution in [2.24, 2.45) is 0 Å². The molecule has 0 saturated heterocycles. The van der Waals surface area contributed by atoms with Gasteiger partial charge in [-0.05, 0) is 24.5 Å². The van der Waals surface area contributed by atoms with Crippen LogP contribution in [0.5, 0.6) is 5.75 Å². The second-order valence-corrected chi connectivity index (χ2v) is 7.12. The van der Waals surface area contributed by atoms with E-state index in [1.54, 1.807) is 24.3 Å². The van der Waals surface area contributed by atoms with Gasteiger partial charge in [0.05, 0.1) is 13.7 Å². The van der Waals surface area contributed by atoms with Crippen molar-refractivity contribution in [2.45, 2.75) is 24.9 Å². The fourth-order valence-electron chi connectivity index (χ4n) is 4.04. The number of ether oxygens (including phenoxy) is 2. The predicted octanol–water partition coefficient (Wildman–Crippen LogP) is 0.909. The third kappa shape index (κ3) is 2.92. The average molecular weight is 380 g/mol. The first-order chi connectivity index (χ1) is 13.5. The number of fused-ring (bicyclic) bond motifs is 2. The molecule has 1 aliphatic carbocycles. The monoisotopic (exact) mass is 380 g/mol. The van der Waals surface area contributed by atoms with Crippen LogP contribution in [-0.4, -0.2) is 41.8 Å². The van der Waals surface area contributed by atoms with Crippen LogP contribution < -0.4 is 10.2 Å². The van der Waals surface area contributed by atoms with E-state index in [1.165, 1.54) is 13.2 Å². The van der Waals surface area contributed by atoms with E-state index in [2.05, 4.69) is 0 Å². The van der Waals surface area contributed by atoms with Crippen LogP contribution in [0.15, 0.2) is 48.0 Å². The van der Waals surface area contributed by atoms with E-state index in [9.17, 15) is 19.9 Å². The Morgan fingerprint density at radius 2 is 2.00 bits per heavy atom. The van der Waals surface area contributed by atoms with Crippen molar-refractivity contribution in [2.75, 3.05) is 13.7 Å². The summed E-state index contributed by atoms with van der Waals surface area (Å²) in [4.78, 5) is 13.3. The van der Waals surface area contributed by atoms with Gasteiger partial charge in [0.25, 0.3) is 0 Å². The van der Waals surface area contributed by atoms with Gasteiger partial charge in [0.1, 0.15) is 11.5 Å². The number of ketones is 1. The Bertz CT molecular complexity index is 967. The molecule has 0 spiro atoms. The molecule has 2 aromatic carbocycles. The Kier molecular flexibility index (Phi) is 4.75. The molecule has 0 radical (unpaired) electrons. The molecule has 1 atom stereocenters. The Morgan fingerprint density at radius 1 is 1.21 bits per heavy atom. The van der Waals surface area contributed by atoms with Gasteiger partial charge < -0.3 is 24.6 Å². The number of carbonyl (C=O) groups excluding carboxylic acids is 1. The minimum atomic E-state index is -1.72. The molecule has 6 nitrogen and oxygen atoms in total. The lowest BCUT2D eigenvalue weighted by atomic mass is 9.72. The van der Waals surface area contributed by atoms with Crippen molar-refractivity contribution >= 4 is 24.1 Å². The van der Waals surface area contributed by atoms with Gasteiger partial charge in [-0.3, -0.25) is 4.79 Å². The number of Topliss-reactive ketones (excluding diaryl/α,β-unsaturated/α-hetero) is 1. The van der Waals surface area contributed by atoms with Crippen molar-refractivity contribution < 1.29 is 29.4 Å². The highest BCUT2D eigenvalue weighted by Crippen LogP contribution is 2.44. The summed E-state index contributed by atoms with van der Waals surface area (Å²) in [5.41, 5.74) is 0.939. The van der Waals surface area contributed by atoms with E-state index in [4.69, 9.17) is 9.47 Å². The summed E-state index contributed by atoms with van der Waals surface area (Å²) < 4.78 is 11.0. The molecule has 0 fully saturated rings. The largest absolute Gasteiger partial charge is 0.497 e. The molecule has 0 aromatic heterocycles. The first-order valence-electron chi connectivity index (χ1n) is 9.21. The molecule has 28 heavy (non-hydrogen) atoms. The van der Waals surface area contributed by atoms with Crippen LogP contribution in [0, 0.1) is 0 Å². The lowest BCUT2D eigenvalue weighted by Crippen LogP contribution is -2.43. The second kappa shape index (κ2) is 7.09. The molecule has 1 aliphatic heterocycles. The summed E-state index contributed by atoms with van der Waals surface area (Å²) >= 11 is 0. The minimum Gasteiger partial charge on any atom is -0.497 e. The van der Waals surface area contributed by atoms with Crippen molar-refractivity contribution in [1.82, 2.24) is 0 Å². The highest BCUT2D eigenvalue weighted by molar-refractivity contribution is 6.59. The molecule has 1 unspecified atom stereocenters. The van der Waals surface area contributed by atoms with Crippen molar-refractivity contribution in [3.63, 3.8) is 0 Å². The quantitative estimate of drug-likeness (QED) is 0.683. The van der Waals surface area contributed by atoms with Gasteiger partial charge in [-0.15, -0.1) is 0 Å². The fraction of sp³-hybridized carbons (Fsp3) is 0.286. The summed E-state index contributed by atoms with van der Waals surface area (Å²) in [6.45, 7) is 0.557. The molecular formula is C21H21BO6. The molecular weight excluding hydrogens is 359 g/mol. The fourth-order valence-corrected chi connectivity index (χ4v) is 4.04. The number of hydrogen-bond donors (Lipinski definition) is 3. The summed E-state index contributed by atoms with van der Waals surface area (Å²) in [7, 11) is -0.242. The Balaban J connectivity index is 1.79. The molecule has 2 aromatic rings. The first kappa shape index (κ1) is 18.7. The zero-order chi connectivity index (χ0) is 19.9. The number of carbonyl (C=O) groups is 1. The Morgan fingerprint density at radius 3 is 2.75 bits per heavy atom. The van der Waals surface area contributed by atoms with E-state index in [-0.39, 0.29) is 23.4 Å². The van der Waals surface area contributed by atoms with Crippen LogP contribution in [-0.2, 0) is 21.6 Å². The summed E-state index contributed by atoms with van der Waals surface area (Å²) in [6, 6.07) is 12.1. The maximum atomic E-state index is 13.3. The normalized spacial score (nSPS) is 20.9. The Labute approximate surface area is 163 Å². The molecule has 144 valence electrons. The number of rotatable bonds is 4. The number of benzene rings is 2. The maximum Gasteiger partial charge on any atom is 0.492 e. The van der Waals surface area contributed by atoms with Crippen LogP contribution in [0.4, 0.5) is 0 Å². The van der Waals surface area contributed by atoms with Gasteiger partial charge >= 0.3 is 7.12 Å². The second-order valence-electron chi connectivity index (χ2n) is 7.12. The lowest BCUT2D eigenvalue weighted by Gasteiger charge is -2.37. The van der Waals surface area contributed by atoms with Gasteiger partial charge in [0.15, 0.2) is 11.4 Å². The Hall–Kier alpha value is -2.61. The molecule has 0 amide bonds. The number of hydrogen-bond acceptors (Lipinski definition) is 6. The predicted molar refractivity (Wildman–Crippen MR) is 104 cm³/mol. The van der Waals surface area contributed by atoms with Gasteiger partial charge in [-0.2, -0.15) is 0 Å². The van der Waals surface area contributed by atoms with Crippen LogP contribution >= 0.6 is 0 Å². The van der Waals surface area contributed by atoms with E-state index in [0.717, 1.165) is 12.0 Å². The molecule has 0 bridgehead atoms. The van der Waals surface area contributed by atoms with E-state index in [1.807, 2.05) is 12.1 Å². The van der Waals surface area contributed by atoms with Gasteiger partial charge in [-0.25, -0.2) is 0 Å². The van der Waals surface area contributed by atoms with E-state index < -0.39 is 12.7 Å². The molecule has 2 aliphatic rings. The number of methoxy groups -OCH3 is 1. The molecule has 7 heteroatoms. The molecule has 1 heterocycles. The third-order valence-electron chi connectivity index (χ3n) is 5.39. The minimum absolute atomic E-state index is 0.0395. The van der Waals surface area contributed by atoms with Gasteiger partial charge in [-0.1, -0.05) is 36.4 Å². The zero-order valence-corrected chi connectivity index (χ0v) is 15.5. The molecule has 4 rings (SSSR count). The highest BCUT2D eigenvalue weighted by atomic mass is 16.5. The summed E-state index contributed by atoms with van der Waals surface area (Å²) in [5.74, 6) is 0.521. The smallest absolute Gasteiger partial charge is 0.492 e. The lowest BCUT2D eigenvalue weighted by molar-refractivity contribution is -0.135. The molecule has 3 N–H and O–H groups in total. The van der Waals surface area contributed by atoms with E-state index >= 15 is 0 Å². The van der Waals surface area contributed by atoms with Crippen molar-refractivity contribution in [3.05, 3.63) is 64.7 Å². The summed E-state index contributed by atoms with van der Waals surface area (Å²) in [6.07, 6.45) is 1.35. The van der Waals surface area contributed by atoms with Crippen molar-refractivity contribution in [3.8, 4) is 5.75 Å². The van der Waals surface area contributed by atoms with Crippen LogP contribution in [0.3, 0.4) is 0 Å². The average Bonchev–Trinajstić information content (AvgIpc) is 2.72. The van der Waals surface area contributed by atoms with Crippen LogP contribution in [0.2, 0.25) is 0 Å². The highest BCUT2D eigenvalue weighted by Gasteiger charge is 2.47. The topological polar surface area (TPSA) is 96.2 Å². The van der Waals surface area contributed by atoms with Gasteiger partial charge in [0, 0.05) is 28.6 Å². The van der Waals surface area contributed by atoms with E-state index in [0.29, 0.717) is 35.5 Å². The molecule has 0 saturated carbocycles. The maximum absolute atomic E-state index is 13.3. The van der Waals surface area contributed by atoms with Crippen molar-refractivity contribution in [1.29, 1.82) is 0 Å². The van der Waals surface area contributed by atoms with Crippen LogP contribution in [0.1, 0.15) is 29.5 Å². The van der Waals surface area contributed by atoms with Gasteiger partial charge in [0.2, 0.25) is 0 Å². The first-order valence-corrected chi connectivity index (χ1v) is 9.21. The zero-order valence-electron chi connectivity index (χ0n) is 15.5. The number of aliphatic hydroxyl groups is 1.